The second kappa shape index (κ2) is 6.03. The number of carbonyl (C=O) groups excluding carboxylic acids is 1. The van der Waals surface area contributed by atoms with Gasteiger partial charge in [0.25, 0.3) is 5.69 Å². The van der Waals surface area contributed by atoms with Crippen LogP contribution in [0.15, 0.2) is 42.6 Å². The van der Waals surface area contributed by atoms with Gasteiger partial charge in [-0.2, -0.15) is 13.2 Å². The van der Waals surface area contributed by atoms with Crippen molar-refractivity contribution in [3.05, 3.63) is 58.3 Å². The van der Waals surface area contributed by atoms with E-state index in [1.165, 1.54) is 6.07 Å². The summed E-state index contributed by atoms with van der Waals surface area (Å²) in [6, 6.07) is 6.21. The minimum absolute atomic E-state index is 0.0830. The molecule has 0 aliphatic rings. The van der Waals surface area contributed by atoms with Crippen molar-refractivity contribution in [3.63, 3.8) is 0 Å². The molecule has 0 spiro atoms. The highest BCUT2D eigenvalue weighted by Crippen LogP contribution is 2.33. The molecule has 9 heteroatoms. The SMILES string of the molecule is CC(=O)N(c1cccc(C(F)(F)F)c1)c1cc([N+](=O)[O-])ccn1. The Balaban J connectivity index is 2.54. The number of anilines is 2. The average molecular weight is 325 g/mol. The molecule has 0 unspecified atom stereocenters. The van der Waals surface area contributed by atoms with E-state index in [9.17, 15) is 28.1 Å². The number of halogens is 3. The van der Waals surface area contributed by atoms with Gasteiger partial charge in [-0.1, -0.05) is 6.07 Å². The van der Waals surface area contributed by atoms with Crippen LogP contribution < -0.4 is 4.90 Å². The van der Waals surface area contributed by atoms with Gasteiger partial charge in [-0.05, 0) is 18.2 Å². The predicted molar refractivity (Wildman–Crippen MR) is 75.2 cm³/mol. The maximum absolute atomic E-state index is 12.8. The van der Waals surface area contributed by atoms with Crippen molar-refractivity contribution < 1.29 is 22.9 Å². The number of carbonyl (C=O) groups is 1. The van der Waals surface area contributed by atoms with Gasteiger partial charge < -0.3 is 0 Å². The fourth-order valence-corrected chi connectivity index (χ4v) is 1.94. The van der Waals surface area contributed by atoms with E-state index in [4.69, 9.17) is 0 Å². The van der Waals surface area contributed by atoms with Crippen LogP contribution >= 0.6 is 0 Å². The van der Waals surface area contributed by atoms with Gasteiger partial charge in [0.15, 0.2) is 0 Å². The molecule has 23 heavy (non-hydrogen) atoms. The molecule has 0 aliphatic carbocycles. The highest BCUT2D eigenvalue weighted by molar-refractivity contribution is 5.98. The van der Waals surface area contributed by atoms with Crippen LogP contribution in [0.3, 0.4) is 0 Å². The molecule has 0 aliphatic heterocycles. The molecule has 0 N–H and O–H groups in total. The molecule has 0 atom stereocenters. The summed E-state index contributed by atoms with van der Waals surface area (Å²) in [5.41, 5.74) is -1.35. The number of aromatic nitrogens is 1. The smallest absolute Gasteiger partial charge is 0.274 e. The van der Waals surface area contributed by atoms with Gasteiger partial charge in [-0.3, -0.25) is 19.8 Å². The van der Waals surface area contributed by atoms with Gasteiger partial charge in [0, 0.05) is 19.2 Å². The third-order valence-corrected chi connectivity index (χ3v) is 2.92. The lowest BCUT2D eigenvalue weighted by molar-refractivity contribution is -0.384. The molecule has 0 saturated heterocycles. The van der Waals surface area contributed by atoms with Gasteiger partial charge in [0.05, 0.1) is 22.2 Å². The van der Waals surface area contributed by atoms with Crippen molar-refractivity contribution in [2.45, 2.75) is 13.1 Å². The molecule has 6 nitrogen and oxygen atoms in total. The third kappa shape index (κ3) is 3.62. The van der Waals surface area contributed by atoms with E-state index in [-0.39, 0.29) is 17.2 Å². The van der Waals surface area contributed by atoms with Crippen LogP contribution in [0.1, 0.15) is 12.5 Å². The summed E-state index contributed by atoms with van der Waals surface area (Å²) in [7, 11) is 0. The molecule has 0 radical (unpaired) electrons. The summed E-state index contributed by atoms with van der Waals surface area (Å²) in [6.45, 7) is 1.13. The molecular weight excluding hydrogens is 315 g/mol. The van der Waals surface area contributed by atoms with E-state index in [1.807, 2.05) is 0 Å². The largest absolute Gasteiger partial charge is 0.416 e. The second-order valence-electron chi connectivity index (χ2n) is 4.53. The molecule has 2 aromatic rings. The van der Waals surface area contributed by atoms with Gasteiger partial charge in [0.1, 0.15) is 5.82 Å². The molecule has 1 heterocycles. The number of amides is 1. The highest BCUT2D eigenvalue weighted by atomic mass is 19.4. The summed E-state index contributed by atoms with van der Waals surface area (Å²) < 4.78 is 38.4. The molecule has 0 fully saturated rings. The molecule has 2 rings (SSSR count). The van der Waals surface area contributed by atoms with Crippen molar-refractivity contribution in [1.29, 1.82) is 0 Å². The Morgan fingerprint density at radius 3 is 2.52 bits per heavy atom. The number of rotatable bonds is 3. The minimum Gasteiger partial charge on any atom is -0.274 e. The standard InChI is InChI=1S/C14H10F3N3O3/c1-9(21)19(13-8-12(20(22)23)5-6-18-13)11-4-2-3-10(7-11)14(15,16)17/h2-8H,1H3. The monoisotopic (exact) mass is 325 g/mol. The maximum Gasteiger partial charge on any atom is 0.416 e. The Bertz CT molecular complexity index is 762. The molecule has 0 bridgehead atoms. The van der Waals surface area contributed by atoms with Crippen molar-refractivity contribution in [2.75, 3.05) is 4.90 Å². The predicted octanol–water partition coefficient (Wildman–Crippen LogP) is 3.69. The van der Waals surface area contributed by atoms with Crippen LogP contribution in [-0.4, -0.2) is 15.8 Å². The first-order chi connectivity index (χ1) is 10.7. The van der Waals surface area contributed by atoms with Crippen LogP contribution in [0.2, 0.25) is 0 Å². The van der Waals surface area contributed by atoms with Crippen molar-refractivity contribution in [3.8, 4) is 0 Å². The highest BCUT2D eigenvalue weighted by Gasteiger charge is 2.31. The fraction of sp³-hybridized carbons (Fsp3) is 0.143. The first kappa shape index (κ1) is 16.4. The van der Waals surface area contributed by atoms with E-state index < -0.39 is 22.6 Å². The summed E-state index contributed by atoms with van der Waals surface area (Å²) in [6.07, 6.45) is -3.47. The number of pyridine rings is 1. The normalized spacial score (nSPS) is 11.1. The maximum atomic E-state index is 12.8. The molecule has 1 aromatic carbocycles. The van der Waals surface area contributed by atoms with Crippen molar-refractivity contribution in [1.82, 2.24) is 4.98 Å². The van der Waals surface area contributed by atoms with Crippen LogP contribution in [0.4, 0.5) is 30.4 Å². The van der Waals surface area contributed by atoms with Crippen LogP contribution in [0.5, 0.6) is 0 Å². The Morgan fingerprint density at radius 2 is 1.96 bits per heavy atom. The van der Waals surface area contributed by atoms with Gasteiger partial charge in [-0.15, -0.1) is 0 Å². The Morgan fingerprint density at radius 1 is 1.26 bits per heavy atom. The van der Waals surface area contributed by atoms with Gasteiger partial charge in [-0.25, -0.2) is 4.98 Å². The van der Waals surface area contributed by atoms with E-state index in [0.29, 0.717) is 0 Å². The number of alkyl halides is 3. The number of hydrogen-bond donors (Lipinski definition) is 0. The summed E-state index contributed by atoms with van der Waals surface area (Å²) in [4.78, 5) is 26.6. The molecule has 1 amide bonds. The zero-order chi connectivity index (χ0) is 17.2. The minimum atomic E-state index is -4.57. The fourth-order valence-electron chi connectivity index (χ4n) is 1.94. The quantitative estimate of drug-likeness (QED) is 0.637. The Hall–Kier alpha value is -2.97. The molecule has 1 aromatic heterocycles. The molecule has 0 saturated carbocycles. The Labute approximate surface area is 128 Å². The van der Waals surface area contributed by atoms with Crippen molar-refractivity contribution >= 4 is 23.1 Å². The zero-order valence-corrected chi connectivity index (χ0v) is 11.7. The lowest BCUT2D eigenvalue weighted by Gasteiger charge is -2.21. The van der Waals surface area contributed by atoms with E-state index in [2.05, 4.69) is 4.98 Å². The number of benzene rings is 1. The van der Waals surface area contributed by atoms with Gasteiger partial charge in [0.2, 0.25) is 5.91 Å². The molecule has 120 valence electrons. The summed E-state index contributed by atoms with van der Waals surface area (Å²) in [5.74, 6) is -0.761. The van der Waals surface area contributed by atoms with E-state index >= 15 is 0 Å². The summed E-state index contributed by atoms with van der Waals surface area (Å²) in [5, 5.41) is 10.8. The first-order valence-corrected chi connectivity index (χ1v) is 6.28. The first-order valence-electron chi connectivity index (χ1n) is 6.28. The Kier molecular flexibility index (Phi) is 4.30. The number of hydrogen-bond acceptors (Lipinski definition) is 4. The third-order valence-electron chi connectivity index (χ3n) is 2.92. The van der Waals surface area contributed by atoms with Crippen LogP contribution in [-0.2, 0) is 11.0 Å². The van der Waals surface area contributed by atoms with Crippen molar-refractivity contribution in [2.24, 2.45) is 0 Å². The summed E-state index contributed by atoms with van der Waals surface area (Å²) >= 11 is 0. The second-order valence-corrected chi connectivity index (χ2v) is 4.53. The van der Waals surface area contributed by atoms with Gasteiger partial charge >= 0.3 is 6.18 Å². The lowest BCUT2D eigenvalue weighted by Crippen LogP contribution is -2.24. The average Bonchev–Trinajstić information content (AvgIpc) is 2.47. The van der Waals surface area contributed by atoms with E-state index in [0.717, 1.165) is 48.4 Å². The topological polar surface area (TPSA) is 76.3 Å². The van der Waals surface area contributed by atoms with E-state index in [1.54, 1.807) is 0 Å². The lowest BCUT2D eigenvalue weighted by atomic mass is 10.1. The molecular formula is C14H10F3N3O3. The zero-order valence-electron chi connectivity index (χ0n) is 11.7. The van der Waals surface area contributed by atoms with Crippen LogP contribution in [0, 0.1) is 10.1 Å². The number of nitro groups is 1. The van der Waals surface area contributed by atoms with Crippen LogP contribution in [0.25, 0.3) is 0 Å². The number of nitrogens with zero attached hydrogens (tertiary/aromatic N) is 3.